The van der Waals surface area contributed by atoms with E-state index in [9.17, 15) is 28.2 Å². The molecule has 0 radical (unpaired) electrons. The highest BCUT2D eigenvalue weighted by Gasteiger charge is 2.47. The number of nitrogens with zero attached hydrogens (tertiary/aromatic N) is 2. The van der Waals surface area contributed by atoms with Crippen LogP contribution in [-0.4, -0.2) is 79.0 Å². The predicted molar refractivity (Wildman–Crippen MR) is 137 cm³/mol. The van der Waals surface area contributed by atoms with Gasteiger partial charge < -0.3 is 24.6 Å². The lowest BCUT2D eigenvalue weighted by atomic mass is 9.95. The van der Waals surface area contributed by atoms with Crippen molar-refractivity contribution in [3.8, 4) is 11.5 Å². The van der Waals surface area contributed by atoms with Gasteiger partial charge >= 0.3 is 0 Å². The molecule has 0 spiro atoms. The molecule has 11 heteroatoms. The topological polar surface area (TPSA) is 134 Å². The Kier molecular flexibility index (Phi) is 7.17. The van der Waals surface area contributed by atoms with Crippen molar-refractivity contribution in [2.75, 3.05) is 33.4 Å². The minimum atomic E-state index is -3.65. The summed E-state index contributed by atoms with van der Waals surface area (Å²) in [6.45, 7) is 1.66. The van der Waals surface area contributed by atoms with Crippen LogP contribution in [0.3, 0.4) is 0 Å². The number of hydrogen-bond acceptors (Lipinski definition) is 8. The predicted octanol–water partition coefficient (Wildman–Crippen LogP) is 2.79. The van der Waals surface area contributed by atoms with Gasteiger partial charge in [-0.1, -0.05) is 6.07 Å². The van der Waals surface area contributed by atoms with E-state index in [0.29, 0.717) is 25.3 Å². The smallest absolute Gasteiger partial charge is 0.295 e. The van der Waals surface area contributed by atoms with Gasteiger partial charge in [-0.05, 0) is 67.6 Å². The minimum Gasteiger partial charge on any atom is -0.507 e. The van der Waals surface area contributed by atoms with E-state index in [0.717, 1.165) is 25.7 Å². The van der Waals surface area contributed by atoms with Gasteiger partial charge in [-0.3, -0.25) is 9.59 Å². The highest BCUT2D eigenvalue weighted by atomic mass is 32.2. The molecule has 0 aliphatic carbocycles. The van der Waals surface area contributed by atoms with E-state index in [-0.39, 0.29) is 40.2 Å². The third-order valence-electron chi connectivity index (χ3n) is 7.31. The first kappa shape index (κ1) is 26.2. The number of rotatable bonds is 7. The molecule has 3 saturated heterocycles. The van der Waals surface area contributed by atoms with Crippen molar-refractivity contribution in [3.05, 3.63) is 59.2 Å². The zero-order valence-electron chi connectivity index (χ0n) is 21.0. The van der Waals surface area contributed by atoms with Crippen LogP contribution in [0.15, 0.2) is 52.9 Å². The molecule has 10 nitrogen and oxygen atoms in total. The van der Waals surface area contributed by atoms with Crippen LogP contribution in [0, 0.1) is 0 Å². The number of phenolic OH excluding ortho intramolecular Hbond substituents is 1. The number of Topliss-reactive ketones (excluding diaryl/α,β-unsaturated/α-hetero) is 1. The number of phenols is 1. The maximum Gasteiger partial charge on any atom is 0.295 e. The maximum absolute atomic E-state index is 13.3. The average molecular weight is 543 g/mol. The molecule has 3 aliphatic heterocycles. The Hall–Kier alpha value is -3.41. The first-order valence-corrected chi connectivity index (χ1v) is 14.0. The van der Waals surface area contributed by atoms with E-state index in [1.807, 2.05) is 0 Å². The first-order valence-electron chi connectivity index (χ1n) is 12.6. The summed E-state index contributed by atoms with van der Waals surface area (Å²) in [5.74, 6) is -2.00. The lowest BCUT2D eigenvalue weighted by Crippen LogP contribution is -2.36. The molecule has 2 N–H and O–H groups in total. The third-order valence-corrected chi connectivity index (χ3v) is 9.23. The zero-order valence-corrected chi connectivity index (χ0v) is 21.8. The minimum absolute atomic E-state index is 0.0922. The number of sulfonamides is 1. The summed E-state index contributed by atoms with van der Waals surface area (Å²) in [4.78, 5) is 27.9. The van der Waals surface area contributed by atoms with Crippen LogP contribution in [0.5, 0.6) is 11.5 Å². The summed E-state index contributed by atoms with van der Waals surface area (Å²) in [5, 5.41) is 21.4. The van der Waals surface area contributed by atoms with E-state index < -0.39 is 33.5 Å². The number of hydrogen-bond donors (Lipinski definition) is 2. The molecule has 2 aromatic rings. The number of amides is 1. The van der Waals surface area contributed by atoms with Crippen molar-refractivity contribution in [1.82, 2.24) is 9.21 Å². The molecule has 1 amide bonds. The van der Waals surface area contributed by atoms with Gasteiger partial charge in [0.25, 0.3) is 11.7 Å². The number of methoxy groups -OCH3 is 1. The second kappa shape index (κ2) is 10.4. The standard InChI is InChI=1S/C27H30N2O8S/c1-36-22-15-18(8-11-21(22)30)24-23(26(32)27(33)29(24)16-19-5-4-14-37-19)25(31)17-6-9-20(10-7-17)38(34,35)28-12-2-3-13-28/h6-11,15,19,24,30-31H,2-5,12-14,16H2,1H3/t19-,24-/m0/s1. The molecule has 0 aromatic heterocycles. The van der Waals surface area contributed by atoms with E-state index in [1.165, 1.54) is 52.7 Å². The summed E-state index contributed by atoms with van der Waals surface area (Å²) >= 11 is 0. The Balaban J connectivity index is 1.56. The fourth-order valence-electron chi connectivity index (χ4n) is 5.30. The normalized spacial score (nSPS) is 23.9. The Morgan fingerprint density at radius 1 is 1.08 bits per heavy atom. The molecule has 2 atom stereocenters. The highest BCUT2D eigenvalue weighted by molar-refractivity contribution is 7.89. The summed E-state index contributed by atoms with van der Waals surface area (Å²) in [7, 11) is -2.26. The Bertz CT molecular complexity index is 1370. The molecule has 0 bridgehead atoms. The fourth-order valence-corrected chi connectivity index (χ4v) is 6.82. The molecule has 3 aliphatic rings. The number of aliphatic hydroxyl groups is 1. The number of ketones is 1. The molecule has 38 heavy (non-hydrogen) atoms. The van der Waals surface area contributed by atoms with Crippen molar-refractivity contribution in [3.63, 3.8) is 0 Å². The molecule has 3 heterocycles. The number of ether oxygens (including phenoxy) is 2. The quantitative estimate of drug-likeness (QED) is 0.310. The van der Waals surface area contributed by atoms with Crippen molar-refractivity contribution in [1.29, 1.82) is 0 Å². The van der Waals surface area contributed by atoms with Crippen molar-refractivity contribution in [2.45, 2.75) is 42.7 Å². The summed E-state index contributed by atoms with van der Waals surface area (Å²) < 4.78 is 38.2. The fraction of sp³-hybridized carbons (Fsp3) is 0.407. The number of aliphatic hydroxyl groups excluding tert-OH is 1. The van der Waals surface area contributed by atoms with Gasteiger partial charge in [0.15, 0.2) is 11.5 Å². The Labute approximate surface area is 221 Å². The summed E-state index contributed by atoms with van der Waals surface area (Å²) in [6.07, 6.45) is 2.96. The number of carbonyl (C=O) groups excluding carboxylic acids is 2. The monoisotopic (exact) mass is 542 g/mol. The van der Waals surface area contributed by atoms with Gasteiger partial charge in [0, 0.05) is 31.8 Å². The molecule has 0 unspecified atom stereocenters. The number of carbonyl (C=O) groups is 2. The lowest BCUT2D eigenvalue weighted by Gasteiger charge is -2.27. The van der Waals surface area contributed by atoms with E-state index in [4.69, 9.17) is 9.47 Å². The molecule has 5 rings (SSSR count). The summed E-state index contributed by atoms with van der Waals surface area (Å²) in [5.41, 5.74) is 0.541. The maximum atomic E-state index is 13.3. The van der Waals surface area contributed by atoms with Crippen molar-refractivity contribution < 1.29 is 37.7 Å². The average Bonchev–Trinajstić information content (AvgIpc) is 3.69. The van der Waals surface area contributed by atoms with Crippen LogP contribution in [0.2, 0.25) is 0 Å². The molecule has 0 saturated carbocycles. The van der Waals surface area contributed by atoms with Crippen LogP contribution in [0.25, 0.3) is 5.76 Å². The van der Waals surface area contributed by atoms with Gasteiger partial charge in [0.2, 0.25) is 10.0 Å². The van der Waals surface area contributed by atoms with Gasteiger partial charge in [-0.15, -0.1) is 0 Å². The SMILES string of the molecule is COc1cc([C@H]2C(=C(O)c3ccc(S(=O)(=O)N4CCCC4)cc3)C(=O)C(=O)N2C[C@@H]2CCCO2)ccc1O. The zero-order chi connectivity index (χ0) is 27.0. The number of likely N-dealkylation sites (tertiary alicyclic amines) is 1. The molecule has 2 aromatic carbocycles. The van der Waals surface area contributed by atoms with E-state index in [2.05, 4.69) is 0 Å². The van der Waals surface area contributed by atoms with Crippen LogP contribution < -0.4 is 4.74 Å². The second-order valence-corrected chi connectivity index (χ2v) is 11.6. The highest BCUT2D eigenvalue weighted by Crippen LogP contribution is 2.42. The third kappa shape index (κ3) is 4.65. The second-order valence-electron chi connectivity index (χ2n) is 9.65. The lowest BCUT2D eigenvalue weighted by molar-refractivity contribution is -0.140. The van der Waals surface area contributed by atoms with Crippen LogP contribution in [-0.2, 0) is 24.3 Å². The van der Waals surface area contributed by atoms with Gasteiger partial charge in [0.1, 0.15) is 5.76 Å². The molecule has 202 valence electrons. The first-order chi connectivity index (χ1) is 18.2. The van der Waals surface area contributed by atoms with E-state index in [1.54, 1.807) is 6.07 Å². The molecular weight excluding hydrogens is 512 g/mol. The van der Waals surface area contributed by atoms with Crippen molar-refractivity contribution >= 4 is 27.5 Å². The van der Waals surface area contributed by atoms with Crippen LogP contribution in [0.4, 0.5) is 0 Å². The molecular formula is C27H30N2O8S. The van der Waals surface area contributed by atoms with Gasteiger partial charge in [-0.2, -0.15) is 4.31 Å². The molecule has 3 fully saturated rings. The van der Waals surface area contributed by atoms with E-state index >= 15 is 0 Å². The van der Waals surface area contributed by atoms with Crippen molar-refractivity contribution in [2.24, 2.45) is 0 Å². The van der Waals surface area contributed by atoms with Gasteiger partial charge in [0.05, 0.1) is 29.7 Å². The summed E-state index contributed by atoms with van der Waals surface area (Å²) in [6, 6.07) is 9.18. The largest absolute Gasteiger partial charge is 0.507 e. The Morgan fingerprint density at radius 3 is 2.42 bits per heavy atom. The van der Waals surface area contributed by atoms with Crippen LogP contribution in [0.1, 0.15) is 42.9 Å². The number of aromatic hydroxyl groups is 1. The van der Waals surface area contributed by atoms with Crippen LogP contribution >= 0.6 is 0 Å². The Morgan fingerprint density at radius 2 is 1.79 bits per heavy atom. The van der Waals surface area contributed by atoms with Gasteiger partial charge in [-0.25, -0.2) is 8.42 Å². The number of benzene rings is 2.